The standard InChI is InChI=1S/C19H17F3N4O/c1-11(2)16-17-18(27)25(13-9-7-12(8-10-13)19(20,21)22)24-26(17)15-6-4-3-5-14(15)23-16/h3-11,23-24H,1-2H3. The van der Waals surface area contributed by atoms with Gasteiger partial charge in [-0.2, -0.15) is 13.2 Å². The van der Waals surface area contributed by atoms with Gasteiger partial charge in [0.15, 0.2) is 0 Å². The number of hydrogen-bond acceptors (Lipinski definition) is 4. The fraction of sp³-hybridized carbons (Fsp3) is 0.211. The van der Waals surface area contributed by atoms with E-state index in [2.05, 4.69) is 10.9 Å². The molecule has 2 N–H and O–H groups in total. The summed E-state index contributed by atoms with van der Waals surface area (Å²) < 4.78 is 38.4. The number of alkyl halides is 3. The van der Waals surface area contributed by atoms with Crippen molar-refractivity contribution in [2.75, 3.05) is 15.3 Å². The molecule has 8 heteroatoms. The lowest BCUT2D eigenvalue weighted by atomic mass is 10.0. The summed E-state index contributed by atoms with van der Waals surface area (Å²) in [5.74, 6) is -0.283. The molecule has 2 aromatic carbocycles. The predicted molar refractivity (Wildman–Crippen MR) is 96.5 cm³/mol. The van der Waals surface area contributed by atoms with Gasteiger partial charge in [-0.25, -0.2) is 10.0 Å². The Hall–Kier alpha value is -3.00. The highest BCUT2D eigenvalue weighted by molar-refractivity contribution is 6.12. The third kappa shape index (κ3) is 2.82. The zero-order chi connectivity index (χ0) is 19.3. The van der Waals surface area contributed by atoms with Crippen molar-refractivity contribution in [3.8, 4) is 0 Å². The van der Waals surface area contributed by atoms with Crippen LogP contribution in [0.1, 0.15) is 19.4 Å². The number of nitrogens with one attached hydrogen (secondary N) is 2. The van der Waals surface area contributed by atoms with Gasteiger partial charge in [0.25, 0.3) is 5.91 Å². The molecule has 140 valence electrons. The molecule has 1 amide bonds. The molecule has 0 spiro atoms. The number of anilines is 3. The Kier molecular flexibility index (Phi) is 3.88. The van der Waals surface area contributed by atoms with E-state index in [9.17, 15) is 18.0 Å². The van der Waals surface area contributed by atoms with E-state index in [1.165, 1.54) is 17.1 Å². The Morgan fingerprint density at radius 1 is 0.963 bits per heavy atom. The Morgan fingerprint density at radius 2 is 1.63 bits per heavy atom. The molecule has 0 atom stereocenters. The molecule has 5 nitrogen and oxygen atoms in total. The molecule has 2 aliphatic heterocycles. The van der Waals surface area contributed by atoms with Gasteiger partial charge in [0.2, 0.25) is 0 Å². The summed E-state index contributed by atoms with van der Waals surface area (Å²) in [6.45, 7) is 3.94. The van der Waals surface area contributed by atoms with Crippen LogP contribution in [0.15, 0.2) is 59.9 Å². The maximum Gasteiger partial charge on any atom is 0.416 e. The molecule has 0 saturated carbocycles. The summed E-state index contributed by atoms with van der Waals surface area (Å²) in [4.78, 5) is 13.0. The van der Waals surface area contributed by atoms with E-state index >= 15 is 0 Å². The second-order valence-corrected chi connectivity index (χ2v) is 6.68. The van der Waals surface area contributed by atoms with E-state index in [0.29, 0.717) is 11.4 Å². The summed E-state index contributed by atoms with van der Waals surface area (Å²) >= 11 is 0. The summed E-state index contributed by atoms with van der Waals surface area (Å²) in [5, 5.41) is 6.22. The number of carbonyl (C=O) groups is 1. The predicted octanol–water partition coefficient (Wildman–Crippen LogP) is 4.27. The number of rotatable bonds is 2. The smallest absolute Gasteiger partial charge is 0.355 e. The average Bonchev–Trinajstić information content (AvgIpc) is 2.98. The van der Waals surface area contributed by atoms with Gasteiger partial charge in [-0.1, -0.05) is 26.0 Å². The number of nitrogens with zero attached hydrogens (tertiary/aromatic N) is 2. The van der Waals surface area contributed by atoms with Crippen molar-refractivity contribution in [1.29, 1.82) is 0 Å². The van der Waals surface area contributed by atoms with Crippen molar-refractivity contribution in [2.45, 2.75) is 20.0 Å². The number of halogens is 3. The maximum atomic E-state index is 13.0. The number of hydrogen-bond donors (Lipinski definition) is 2. The molecule has 0 bridgehead atoms. The average molecular weight is 374 g/mol. The van der Waals surface area contributed by atoms with Crippen LogP contribution in [0.3, 0.4) is 0 Å². The minimum Gasteiger partial charge on any atom is -0.355 e. The van der Waals surface area contributed by atoms with E-state index < -0.39 is 11.7 Å². The molecule has 27 heavy (non-hydrogen) atoms. The summed E-state index contributed by atoms with van der Waals surface area (Å²) in [6, 6.07) is 12.0. The number of benzene rings is 2. The highest BCUT2D eigenvalue weighted by atomic mass is 19.4. The van der Waals surface area contributed by atoms with Crippen molar-refractivity contribution in [3.05, 3.63) is 65.5 Å². The number of carbonyl (C=O) groups excluding carboxylic acids is 1. The number of amides is 1. The molecule has 1 saturated heterocycles. The minimum atomic E-state index is -4.42. The van der Waals surface area contributed by atoms with Gasteiger partial charge in [-0.05, 0) is 42.3 Å². The Labute approximate surface area is 154 Å². The first-order chi connectivity index (χ1) is 12.8. The van der Waals surface area contributed by atoms with Crippen LogP contribution in [-0.4, -0.2) is 5.91 Å². The van der Waals surface area contributed by atoms with Crippen molar-refractivity contribution in [3.63, 3.8) is 0 Å². The largest absolute Gasteiger partial charge is 0.416 e. The van der Waals surface area contributed by atoms with E-state index in [0.717, 1.165) is 29.2 Å². The van der Waals surface area contributed by atoms with Crippen LogP contribution < -0.4 is 20.9 Å². The number of para-hydroxylation sites is 2. The maximum absolute atomic E-state index is 13.0. The third-order valence-electron chi connectivity index (χ3n) is 4.53. The highest BCUT2D eigenvalue weighted by Gasteiger charge is 2.41. The van der Waals surface area contributed by atoms with Gasteiger partial charge < -0.3 is 5.32 Å². The van der Waals surface area contributed by atoms with Crippen LogP contribution in [-0.2, 0) is 11.0 Å². The molecule has 1 fully saturated rings. The second kappa shape index (κ2) is 6.02. The Morgan fingerprint density at radius 3 is 2.26 bits per heavy atom. The van der Waals surface area contributed by atoms with Crippen LogP contribution in [0.25, 0.3) is 0 Å². The van der Waals surface area contributed by atoms with Crippen molar-refractivity contribution >= 4 is 23.0 Å². The molecule has 2 aliphatic rings. The first kappa shape index (κ1) is 17.4. The normalized spacial score (nSPS) is 16.6. The molecule has 0 radical (unpaired) electrons. The molecule has 0 aliphatic carbocycles. The number of fused-ring (bicyclic) bond motifs is 3. The van der Waals surface area contributed by atoms with E-state index in [-0.39, 0.29) is 11.8 Å². The van der Waals surface area contributed by atoms with Crippen LogP contribution in [0.2, 0.25) is 0 Å². The summed E-state index contributed by atoms with van der Waals surface area (Å²) in [6.07, 6.45) is -4.42. The topological polar surface area (TPSA) is 47.6 Å². The van der Waals surface area contributed by atoms with E-state index in [4.69, 9.17) is 0 Å². The first-order valence-electron chi connectivity index (χ1n) is 8.45. The lowest BCUT2D eigenvalue weighted by Crippen LogP contribution is -2.41. The lowest BCUT2D eigenvalue weighted by Gasteiger charge is -2.30. The molecule has 2 aromatic rings. The zero-order valence-electron chi connectivity index (χ0n) is 14.6. The monoisotopic (exact) mass is 374 g/mol. The molecule has 2 heterocycles. The van der Waals surface area contributed by atoms with Crippen LogP contribution in [0.5, 0.6) is 0 Å². The van der Waals surface area contributed by atoms with Crippen molar-refractivity contribution in [2.24, 2.45) is 5.92 Å². The SMILES string of the molecule is CC(C)C1=C2C(=O)N(c3ccc(C(F)(F)F)cc3)NN2c2ccccc2N1. The van der Waals surface area contributed by atoms with Gasteiger partial charge in [0.1, 0.15) is 5.70 Å². The molecule has 4 rings (SSSR count). The van der Waals surface area contributed by atoms with Gasteiger partial charge >= 0.3 is 6.18 Å². The summed E-state index contributed by atoms with van der Waals surface area (Å²) in [7, 11) is 0. The third-order valence-corrected chi connectivity index (χ3v) is 4.53. The fourth-order valence-corrected chi connectivity index (χ4v) is 3.18. The van der Waals surface area contributed by atoms with Gasteiger partial charge in [0, 0.05) is 5.70 Å². The molecular weight excluding hydrogens is 357 g/mol. The fourth-order valence-electron chi connectivity index (χ4n) is 3.18. The first-order valence-corrected chi connectivity index (χ1v) is 8.45. The van der Waals surface area contributed by atoms with Gasteiger partial charge in [-0.15, -0.1) is 5.53 Å². The molecule has 0 aromatic heterocycles. The van der Waals surface area contributed by atoms with Crippen LogP contribution >= 0.6 is 0 Å². The van der Waals surface area contributed by atoms with Gasteiger partial charge in [-0.3, -0.25) is 4.79 Å². The van der Waals surface area contributed by atoms with Gasteiger partial charge in [0.05, 0.1) is 22.6 Å². The van der Waals surface area contributed by atoms with E-state index in [1.807, 2.05) is 38.1 Å². The lowest BCUT2D eigenvalue weighted by molar-refractivity contribution is -0.137. The van der Waals surface area contributed by atoms with Crippen LogP contribution in [0, 0.1) is 5.92 Å². The Balaban J connectivity index is 1.75. The summed E-state index contributed by atoms with van der Waals surface area (Å²) in [5.41, 5.74) is 5.36. The molecule has 0 unspecified atom stereocenters. The van der Waals surface area contributed by atoms with Crippen molar-refractivity contribution in [1.82, 2.24) is 5.53 Å². The highest BCUT2D eigenvalue weighted by Crippen LogP contribution is 2.40. The van der Waals surface area contributed by atoms with Crippen molar-refractivity contribution < 1.29 is 18.0 Å². The zero-order valence-corrected chi connectivity index (χ0v) is 14.6. The van der Waals surface area contributed by atoms with Crippen LogP contribution in [0.4, 0.5) is 30.2 Å². The Bertz CT molecular complexity index is 935. The minimum absolute atomic E-state index is 0.0501. The van der Waals surface area contributed by atoms with E-state index in [1.54, 1.807) is 5.01 Å². The second-order valence-electron chi connectivity index (χ2n) is 6.68. The quantitative estimate of drug-likeness (QED) is 0.824. The number of hydrazine groups is 2. The molecular formula is C19H17F3N4O. The number of allylic oxidation sites excluding steroid dienone is 1.